The van der Waals surface area contributed by atoms with Crippen molar-refractivity contribution in [2.75, 3.05) is 0 Å². The molecule has 30 heavy (non-hydrogen) atoms. The Labute approximate surface area is 179 Å². The Morgan fingerprint density at radius 1 is 1.30 bits per heavy atom. The van der Waals surface area contributed by atoms with Crippen LogP contribution in [0.3, 0.4) is 0 Å². The molecule has 1 aromatic carbocycles. The zero-order valence-electron chi connectivity index (χ0n) is 17.0. The Morgan fingerprint density at radius 3 is 2.83 bits per heavy atom. The molecule has 1 fully saturated rings. The Kier molecular flexibility index (Phi) is 6.13. The van der Waals surface area contributed by atoms with Crippen LogP contribution in [-0.2, 0) is 11.2 Å². The summed E-state index contributed by atoms with van der Waals surface area (Å²) in [7, 11) is 0. The van der Waals surface area contributed by atoms with Crippen molar-refractivity contribution in [3.63, 3.8) is 0 Å². The lowest BCUT2D eigenvalue weighted by Crippen LogP contribution is -2.28. The number of fused-ring (bicyclic) bond motifs is 1. The minimum atomic E-state index is -0.712. The molecule has 3 aromatic rings. The molecule has 0 spiro atoms. The van der Waals surface area contributed by atoms with Gasteiger partial charge < -0.3 is 19.8 Å². The van der Waals surface area contributed by atoms with Crippen LogP contribution in [0, 0.1) is 5.92 Å². The van der Waals surface area contributed by atoms with E-state index < -0.39 is 5.97 Å². The number of carboxylic acid groups (broad SMARTS) is 1. The molecule has 0 radical (unpaired) electrons. The van der Waals surface area contributed by atoms with Gasteiger partial charge in [0.15, 0.2) is 0 Å². The molecule has 7 heteroatoms. The highest BCUT2D eigenvalue weighted by atomic mass is 35.5. The normalized spacial score (nSPS) is 20.7. The number of nitrogens with one attached hydrogen (secondary N) is 2. The number of aromatic amines is 2. The maximum atomic E-state index is 11.1. The monoisotopic (exact) mass is 427 g/mol. The van der Waals surface area contributed by atoms with Gasteiger partial charge in [0.2, 0.25) is 0 Å². The Morgan fingerprint density at radius 2 is 2.10 bits per heavy atom. The fourth-order valence-electron chi connectivity index (χ4n) is 4.02. The minimum Gasteiger partial charge on any atom is -0.481 e. The van der Waals surface area contributed by atoms with E-state index in [1.807, 2.05) is 18.3 Å². The van der Waals surface area contributed by atoms with E-state index in [2.05, 4.69) is 40.1 Å². The molecule has 3 N–H and O–H groups in total. The van der Waals surface area contributed by atoms with Gasteiger partial charge in [-0.1, -0.05) is 30.7 Å². The molecular weight excluding hydrogens is 402 g/mol. The topological polar surface area (TPSA) is 91.0 Å². The molecule has 0 amide bonds. The first-order chi connectivity index (χ1) is 14.5. The first-order valence-electron chi connectivity index (χ1n) is 10.4. The lowest BCUT2D eigenvalue weighted by atomic mass is 9.87. The maximum Gasteiger partial charge on any atom is 0.306 e. The van der Waals surface area contributed by atoms with Crippen molar-refractivity contribution in [2.45, 2.75) is 51.6 Å². The number of rotatable bonds is 6. The second-order valence-electron chi connectivity index (χ2n) is 7.80. The fourth-order valence-corrected chi connectivity index (χ4v) is 4.26. The molecule has 0 bridgehead atoms. The van der Waals surface area contributed by atoms with Crippen molar-refractivity contribution in [1.82, 2.24) is 15.0 Å². The summed E-state index contributed by atoms with van der Waals surface area (Å²) in [6.07, 6.45) is 10.7. The van der Waals surface area contributed by atoms with Crippen LogP contribution in [0.25, 0.3) is 23.2 Å². The molecule has 1 aliphatic rings. The summed E-state index contributed by atoms with van der Waals surface area (Å²) in [5, 5.41) is 12.1. The summed E-state index contributed by atoms with van der Waals surface area (Å²) >= 11 is 6.51. The van der Waals surface area contributed by atoms with Crippen LogP contribution in [0.5, 0.6) is 6.01 Å². The third-order valence-electron chi connectivity index (χ3n) is 5.69. The van der Waals surface area contributed by atoms with E-state index in [9.17, 15) is 4.79 Å². The van der Waals surface area contributed by atoms with Gasteiger partial charge in [-0.05, 0) is 67.5 Å². The number of carbonyl (C=O) groups is 1. The largest absolute Gasteiger partial charge is 0.481 e. The van der Waals surface area contributed by atoms with Gasteiger partial charge in [-0.15, -0.1) is 0 Å². The standard InChI is InChI=1S/C23H26ClN3O3/c1-2-3-19-14(10-11-25-19)4-5-16-12-20-21(13-18(16)24)27-23(26-20)30-17-8-6-15(7-9-17)22(28)29/h3-4,10-13,15,17,25H,2,5-9H2,1H3,(H,26,27)(H,28,29)/b14-4-,19-3+. The van der Waals surface area contributed by atoms with Crippen molar-refractivity contribution in [2.24, 2.45) is 5.92 Å². The Balaban J connectivity index is 1.50. The molecule has 0 aliphatic heterocycles. The highest BCUT2D eigenvalue weighted by molar-refractivity contribution is 6.32. The van der Waals surface area contributed by atoms with Crippen LogP contribution < -0.4 is 15.3 Å². The molecule has 1 aliphatic carbocycles. The van der Waals surface area contributed by atoms with Crippen LogP contribution in [-0.4, -0.2) is 32.1 Å². The SMILES string of the molecule is CC/C=c1/[nH]cc/c1=C/Cc1cc2[nH]c(OC3CCC(C(=O)O)CC3)nc2cc1Cl. The lowest BCUT2D eigenvalue weighted by Gasteiger charge is -2.25. The number of halogens is 1. The van der Waals surface area contributed by atoms with E-state index in [0.29, 0.717) is 30.3 Å². The number of hydrogen-bond donors (Lipinski definition) is 3. The smallest absolute Gasteiger partial charge is 0.306 e. The average Bonchev–Trinajstić information content (AvgIpc) is 3.32. The van der Waals surface area contributed by atoms with Crippen molar-refractivity contribution >= 4 is 40.8 Å². The molecule has 2 heterocycles. The molecule has 4 rings (SSSR count). The van der Waals surface area contributed by atoms with Crippen molar-refractivity contribution < 1.29 is 14.6 Å². The Bertz CT molecular complexity index is 1160. The van der Waals surface area contributed by atoms with Crippen LogP contribution in [0.4, 0.5) is 0 Å². The third-order valence-corrected chi connectivity index (χ3v) is 6.04. The summed E-state index contributed by atoms with van der Waals surface area (Å²) in [6, 6.07) is 6.41. The molecule has 0 saturated heterocycles. The van der Waals surface area contributed by atoms with Gasteiger partial charge >= 0.3 is 5.97 Å². The molecule has 0 unspecified atom stereocenters. The van der Waals surface area contributed by atoms with E-state index in [-0.39, 0.29) is 12.0 Å². The van der Waals surface area contributed by atoms with Crippen molar-refractivity contribution in [3.8, 4) is 6.01 Å². The van der Waals surface area contributed by atoms with Gasteiger partial charge in [0.1, 0.15) is 6.10 Å². The lowest BCUT2D eigenvalue weighted by molar-refractivity contribution is -0.143. The number of carboxylic acids is 1. The van der Waals surface area contributed by atoms with Crippen LogP contribution in [0.15, 0.2) is 24.4 Å². The minimum absolute atomic E-state index is 0.00809. The summed E-state index contributed by atoms with van der Waals surface area (Å²) in [4.78, 5) is 22.1. The predicted molar refractivity (Wildman–Crippen MR) is 118 cm³/mol. The van der Waals surface area contributed by atoms with Crippen LogP contribution in [0.2, 0.25) is 5.02 Å². The average molecular weight is 428 g/mol. The molecule has 158 valence electrons. The van der Waals surface area contributed by atoms with Crippen LogP contribution >= 0.6 is 11.6 Å². The van der Waals surface area contributed by atoms with E-state index in [0.717, 1.165) is 41.2 Å². The van der Waals surface area contributed by atoms with E-state index in [1.165, 1.54) is 5.22 Å². The van der Waals surface area contributed by atoms with Gasteiger partial charge in [0.25, 0.3) is 6.01 Å². The quantitative estimate of drug-likeness (QED) is 0.558. The summed E-state index contributed by atoms with van der Waals surface area (Å²) in [5.74, 6) is -0.968. The van der Waals surface area contributed by atoms with Gasteiger partial charge in [0.05, 0.1) is 17.0 Å². The van der Waals surface area contributed by atoms with Gasteiger partial charge in [-0.25, -0.2) is 0 Å². The summed E-state index contributed by atoms with van der Waals surface area (Å²) in [5.41, 5.74) is 2.66. The summed E-state index contributed by atoms with van der Waals surface area (Å²) in [6.45, 7) is 2.12. The second-order valence-corrected chi connectivity index (χ2v) is 8.21. The number of ether oxygens (including phenoxy) is 1. The molecule has 1 saturated carbocycles. The van der Waals surface area contributed by atoms with Gasteiger partial charge in [0, 0.05) is 16.6 Å². The molecule has 2 aromatic heterocycles. The highest BCUT2D eigenvalue weighted by Gasteiger charge is 2.27. The van der Waals surface area contributed by atoms with Crippen LogP contribution in [0.1, 0.15) is 44.6 Å². The number of H-pyrrole nitrogens is 2. The molecule has 0 atom stereocenters. The van der Waals surface area contributed by atoms with E-state index >= 15 is 0 Å². The maximum absolute atomic E-state index is 11.1. The zero-order chi connectivity index (χ0) is 21.1. The highest BCUT2D eigenvalue weighted by Crippen LogP contribution is 2.29. The third kappa shape index (κ3) is 4.54. The zero-order valence-corrected chi connectivity index (χ0v) is 17.7. The summed E-state index contributed by atoms with van der Waals surface area (Å²) < 4.78 is 5.99. The Hall–Kier alpha value is -2.73. The number of nitrogens with zero attached hydrogens (tertiary/aromatic N) is 1. The van der Waals surface area contributed by atoms with Gasteiger partial charge in [-0.3, -0.25) is 4.79 Å². The van der Waals surface area contributed by atoms with Gasteiger partial charge in [-0.2, -0.15) is 4.98 Å². The van der Waals surface area contributed by atoms with Crippen molar-refractivity contribution in [1.29, 1.82) is 0 Å². The first-order valence-corrected chi connectivity index (χ1v) is 10.8. The molecule has 6 nitrogen and oxygen atoms in total. The second kappa shape index (κ2) is 8.96. The first kappa shape index (κ1) is 20.5. The number of hydrogen-bond acceptors (Lipinski definition) is 3. The number of aliphatic carboxylic acids is 1. The number of benzene rings is 1. The van der Waals surface area contributed by atoms with Crippen molar-refractivity contribution in [3.05, 3.63) is 45.5 Å². The fraction of sp³-hybridized carbons (Fsp3) is 0.391. The molecular formula is C23H26ClN3O3. The number of imidazole rings is 1. The predicted octanol–water partition coefficient (Wildman–Crippen LogP) is 3.78. The number of aromatic nitrogens is 3. The van der Waals surface area contributed by atoms with E-state index in [4.69, 9.17) is 21.4 Å². The van der Waals surface area contributed by atoms with E-state index in [1.54, 1.807) is 0 Å².